The van der Waals surface area contributed by atoms with E-state index in [0.29, 0.717) is 0 Å². The molecule has 0 saturated heterocycles. The number of aromatic nitrogens is 4. The van der Waals surface area contributed by atoms with Crippen molar-refractivity contribution in [3.05, 3.63) is 133 Å². The van der Waals surface area contributed by atoms with Gasteiger partial charge < -0.3 is 9.15 Å². The topological polar surface area (TPSA) is 57.5 Å². The second-order valence-electron chi connectivity index (χ2n) is 14.7. The van der Waals surface area contributed by atoms with E-state index in [1.54, 1.807) is 0 Å². The monoisotopic (exact) mass is 648 g/mol. The lowest BCUT2D eigenvalue weighted by molar-refractivity contribution is 0.288. The molecule has 0 saturated carbocycles. The SMILES string of the molecule is CC1(C)c2cccc3c4ccc(Oc5ccc6c7ccccc7n(-c7cc8oc9ccccc9c8cn7)c6c5)cc4c4ncc(n4c23)C1(C)C. The van der Waals surface area contributed by atoms with Crippen molar-refractivity contribution in [1.82, 2.24) is 18.9 Å². The van der Waals surface area contributed by atoms with Crippen LogP contribution < -0.4 is 4.74 Å². The number of imidazole rings is 1. The summed E-state index contributed by atoms with van der Waals surface area (Å²) >= 11 is 0. The highest BCUT2D eigenvalue weighted by Crippen LogP contribution is 2.51. The summed E-state index contributed by atoms with van der Waals surface area (Å²) in [6.45, 7) is 9.38. The molecular formula is C44H32N4O2. The molecule has 0 fully saturated rings. The number of rotatable bonds is 3. The normalized spacial score (nSPS) is 15.1. The van der Waals surface area contributed by atoms with Crippen LogP contribution in [0.3, 0.4) is 0 Å². The van der Waals surface area contributed by atoms with Crippen LogP contribution >= 0.6 is 0 Å². The average molecular weight is 649 g/mol. The number of nitrogens with zero attached hydrogens (tertiary/aromatic N) is 4. The molecule has 50 heavy (non-hydrogen) atoms. The Hall–Kier alpha value is -6.14. The van der Waals surface area contributed by atoms with E-state index in [2.05, 4.69) is 128 Å². The van der Waals surface area contributed by atoms with Crippen LogP contribution in [0.1, 0.15) is 39.0 Å². The maximum absolute atomic E-state index is 6.68. The zero-order chi connectivity index (χ0) is 33.5. The van der Waals surface area contributed by atoms with Gasteiger partial charge in [0.2, 0.25) is 0 Å². The number of fused-ring (bicyclic) bond motifs is 9. The maximum Gasteiger partial charge on any atom is 0.145 e. The molecule has 5 aromatic carbocycles. The van der Waals surface area contributed by atoms with Crippen LogP contribution in [-0.4, -0.2) is 18.9 Å². The smallest absolute Gasteiger partial charge is 0.145 e. The number of hydrogen-bond acceptors (Lipinski definition) is 4. The number of furan rings is 1. The van der Waals surface area contributed by atoms with Gasteiger partial charge in [0.15, 0.2) is 0 Å². The van der Waals surface area contributed by atoms with Crippen LogP contribution in [0.2, 0.25) is 0 Å². The summed E-state index contributed by atoms with van der Waals surface area (Å²) in [4.78, 5) is 10.0. The van der Waals surface area contributed by atoms with Crippen molar-refractivity contribution in [3.8, 4) is 17.3 Å². The quantitative estimate of drug-likeness (QED) is 0.179. The fourth-order valence-electron chi connectivity index (χ4n) is 8.51. The average Bonchev–Trinajstić information content (AvgIpc) is 3.83. The van der Waals surface area contributed by atoms with Crippen LogP contribution in [0.4, 0.5) is 0 Å². The minimum atomic E-state index is -0.104. The highest BCUT2D eigenvalue weighted by atomic mass is 16.5. The van der Waals surface area contributed by atoms with Gasteiger partial charge in [-0.2, -0.15) is 0 Å². The predicted octanol–water partition coefficient (Wildman–Crippen LogP) is 11.4. The fraction of sp³-hybridized carbons (Fsp3) is 0.136. The zero-order valence-electron chi connectivity index (χ0n) is 28.2. The van der Waals surface area contributed by atoms with Crippen LogP contribution in [0.25, 0.3) is 76.9 Å². The highest BCUT2D eigenvalue weighted by Gasteiger charge is 2.46. The van der Waals surface area contributed by atoms with Gasteiger partial charge in [-0.25, -0.2) is 9.97 Å². The van der Waals surface area contributed by atoms with Crippen molar-refractivity contribution in [1.29, 1.82) is 0 Å². The molecule has 0 aliphatic carbocycles. The summed E-state index contributed by atoms with van der Waals surface area (Å²) in [7, 11) is 0. The fourth-order valence-corrected chi connectivity index (χ4v) is 8.51. The van der Waals surface area contributed by atoms with Gasteiger partial charge in [-0.3, -0.25) is 8.97 Å². The van der Waals surface area contributed by atoms with E-state index >= 15 is 0 Å². The lowest BCUT2D eigenvalue weighted by Crippen LogP contribution is -2.44. The first kappa shape index (κ1) is 27.8. The molecule has 0 unspecified atom stereocenters. The second-order valence-corrected chi connectivity index (χ2v) is 14.7. The molecule has 1 aliphatic rings. The van der Waals surface area contributed by atoms with Crippen LogP contribution in [0, 0.1) is 0 Å². The third-order valence-electron chi connectivity index (χ3n) is 11.8. The Bertz CT molecular complexity index is 3080. The Kier molecular flexibility index (Phi) is 5.17. The summed E-state index contributed by atoms with van der Waals surface area (Å²) in [6.07, 6.45) is 3.99. The molecule has 1 aliphatic heterocycles. The minimum Gasteiger partial charge on any atom is -0.457 e. The first-order valence-corrected chi connectivity index (χ1v) is 17.2. The molecule has 10 aromatic rings. The molecule has 11 rings (SSSR count). The molecule has 0 bridgehead atoms. The van der Waals surface area contributed by atoms with E-state index < -0.39 is 0 Å². The molecule has 6 heteroatoms. The lowest BCUT2D eigenvalue weighted by atomic mass is 9.61. The van der Waals surface area contributed by atoms with Crippen LogP contribution in [0.15, 0.2) is 126 Å². The molecule has 0 atom stereocenters. The molecule has 0 N–H and O–H groups in total. The van der Waals surface area contributed by atoms with Gasteiger partial charge >= 0.3 is 0 Å². The van der Waals surface area contributed by atoms with Gasteiger partial charge in [0, 0.05) is 73.4 Å². The Morgan fingerprint density at radius 3 is 2.18 bits per heavy atom. The Morgan fingerprint density at radius 1 is 0.560 bits per heavy atom. The molecule has 6 heterocycles. The Labute approximate surface area is 287 Å². The first-order valence-electron chi connectivity index (χ1n) is 17.2. The van der Waals surface area contributed by atoms with Crippen molar-refractivity contribution >= 4 is 71.1 Å². The summed E-state index contributed by atoms with van der Waals surface area (Å²) in [5.74, 6) is 2.31. The lowest BCUT2D eigenvalue weighted by Gasteiger charge is -2.45. The minimum absolute atomic E-state index is 0.0549. The Balaban J connectivity index is 1.08. The van der Waals surface area contributed by atoms with Gasteiger partial charge in [-0.15, -0.1) is 0 Å². The zero-order valence-corrected chi connectivity index (χ0v) is 28.2. The summed E-state index contributed by atoms with van der Waals surface area (Å²) in [5.41, 5.74) is 8.41. The van der Waals surface area contributed by atoms with Crippen molar-refractivity contribution in [2.24, 2.45) is 0 Å². The van der Waals surface area contributed by atoms with Crippen molar-refractivity contribution in [3.63, 3.8) is 0 Å². The van der Waals surface area contributed by atoms with E-state index in [1.165, 1.54) is 27.5 Å². The molecule has 0 radical (unpaired) electrons. The molecule has 0 spiro atoms. The molecular weight excluding hydrogens is 617 g/mol. The van der Waals surface area contributed by atoms with Crippen molar-refractivity contribution in [2.45, 2.75) is 38.5 Å². The van der Waals surface area contributed by atoms with Crippen LogP contribution in [0.5, 0.6) is 11.5 Å². The van der Waals surface area contributed by atoms with Gasteiger partial charge in [-0.05, 0) is 53.4 Å². The maximum atomic E-state index is 6.68. The second kappa shape index (κ2) is 9.30. The van der Waals surface area contributed by atoms with Crippen molar-refractivity contribution < 1.29 is 9.15 Å². The number of pyridine rings is 2. The molecule has 6 nitrogen and oxygen atoms in total. The van der Waals surface area contributed by atoms with Gasteiger partial charge in [0.1, 0.15) is 34.1 Å². The standard InChI is InChI=1S/C44H32N4O2/c1-43(2)34-13-9-12-31-27-18-16-25(20-32(27)42-46-24-39(44(43,3)4)48(42)41(31)34)49-26-17-19-29-28-10-5-7-14-35(28)47(36(29)21-26)40-22-38-33(23-45-40)30-11-6-8-15-37(30)50-38/h5-24H,1-4H3. The van der Waals surface area contributed by atoms with E-state index in [9.17, 15) is 0 Å². The summed E-state index contributed by atoms with van der Waals surface area (Å²) in [5, 5.41) is 7.85. The van der Waals surface area contributed by atoms with E-state index in [-0.39, 0.29) is 10.8 Å². The molecule has 5 aromatic heterocycles. The number of benzene rings is 5. The number of ether oxygens (including phenoxy) is 1. The van der Waals surface area contributed by atoms with E-state index in [1.807, 2.05) is 30.5 Å². The highest BCUT2D eigenvalue weighted by molar-refractivity contribution is 6.14. The van der Waals surface area contributed by atoms with Crippen molar-refractivity contribution in [2.75, 3.05) is 0 Å². The number of hydrogen-bond donors (Lipinski definition) is 0. The van der Waals surface area contributed by atoms with Crippen LogP contribution in [-0.2, 0) is 10.8 Å². The first-order chi connectivity index (χ1) is 24.3. The predicted molar refractivity (Wildman–Crippen MR) is 202 cm³/mol. The van der Waals surface area contributed by atoms with E-state index in [4.69, 9.17) is 19.1 Å². The largest absolute Gasteiger partial charge is 0.457 e. The van der Waals surface area contributed by atoms with Gasteiger partial charge in [-0.1, -0.05) is 82.3 Å². The van der Waals surface area contributed by atoms with Gasteiger partial charge in [0.25, 0.3) is 0 Å². The number of para-hydroxylation sites is 3. The summed E-state index contributed by atoms with van der Waals surface area (Å²) in [6, 6.07) is 38.0. The molecule has 240 valence electrons. The third-order valence-corrected chi connectivity index (χ3v) is 11.8. The third kappa shape index (κ3) is 3.42. The molecule has 0 amide bonds. The van der Waals surface area contributed by atoms with Gasteiger partial charge in [0.05, 0.1) is 16.6 Å². The van der Waals surface area contributed by atoms with E-state index in [0.717, 1.165) is 72.1 Å². The summed E-state index contributed by atoms with van der Waals surface area (Å²) < 4.78 is 17.5. The Morgan fingerprint density at radius 2 is 1.30 bits per heavy atom.